The third kappa shape index (κ3) is 4.31. The number of aryl methyl sites for hydroxylation is 1. The number of alkyl halides is 3. The molecule has 0 aromatic carbocycles. The summed E-state index contributed by atoms with van der Waals surface area (Å²) < 4.78 is 44.4. The third-order valence-electron chi connectivity index (χ3n) is 4.96. The number of aromatic nitrogens is 2. The molecule has 0 unspecified atom stereocenters. The van der Waals surface area contributed by atoms with Crippen molar-refractivity contribution in [3.05, 3.63) is 28.7 Å². The van der Waals surface area contributed by atoms with Gasteiger partial charge in [0, 0.05) is 23.9 Å². The summed E-state index contributed by atoms with van der Waals surface area (Å²) in [5.74, 6) is -3.26. The van der Waals surface area contributed by atoms with E-state index in [9.17, 15) is 37.5 Å². The van der Waals surface area contributed by atoms with E-state index < -0.39 is 53.1 Å². The summed E-state index contributed by atoms with van der Waals surface area (Å²) in [5.41, 5.74) is -1.09. The van der Waals surface area contributed by atoms with Gasteiger partial charge in [0.2, 0.25) is 5.91 Å². The SMILES string of the molecule is CC(=O)OCC1=C(C(=O)O)N2C(=O)[C@H](NC(=O)[C@@H](C)n3nc(C(F)(F)F)cc3C)[C@@H]2SC1. The Morgan fingerprint density at radius 3 is 2.59 bits per heavy atom. The second kappa shape index (κ2) is 8.48. The van der Waals surface area contributed by atoms with Gasteiger partial charge in [0.05, 0.1) is 0 Å². The largest absolute Gasteiger partial charge is 0.477 e. The zero-order valence-electron chi connectivity index (χ0n) is 17.1. The van der Waals surface area contributed by atoms with E-state index in [0.717, 1.165) is 15.6 Å². The van der Waals surface area contributed by atoms with E-state index in [1.54, 1.807) is 0 Å². The van der Waals surface area contributed by atoms with Crippen LogP contribution in [0, 0.1) is 6.92 Å². The van der Waals surface area contributed by atoms with Gasteiger partial charge in [-0.1, -0.05) is 0 Å². The second-order valence-electron chi connectivity index (χ2n) is 7.22. The molecule has 0 aliphatic carbocycles. The lowest BCUT2D eigenvalue weighted by molar-refractivity contribution is -0.151. The number of amides is 2. The highest BCUT2D eigenvalue weighted by Gasteiger charge is 2.54. The molecule has 0 bridgehead atoms. The maximum Gasteiger partial charge on any atom is 0.435 e. The molecule has 1 fully saturated rings. The molecule has 1 saturated heterocycles. The number of β-lactam (4-membered cyclic amide) rings is 1. The monoisotopic (exact) mass is 476 g/mol. The van der Waals surface area contributed by atoms with Crippen LogP contribution in [0.4, 0.5) is 13.2 Å². The molecule has 32 heavy (non-hydrogen) atoms. The molecule has 0 saturated carbocycles. The van der Waals surface area contributed by atoms with E-state index in [-0.39, 0.29) is 29.3 Å². The number of nitrogens with one attached hydrogen (secondary N) is 1. The molecule has 3 rings (SSSR count). The van der Waals surface area contributed by atoms with Crippen molar-refractivity contribution in [1.29, 1.82) is 0 Å². The molecule has 2 N–H and O–H groups in total. The Hall–Kier alpha value is -3.03. The molecule has 1 aromatic heterocycles. The first-order chi connectivity index (χ1) is 14.8. The van der Waals surface area contributed by atoms with Crippen LogP contribution >= 0.6 is 11.8 Å². The lowest BCUT2D eigenvalue weighted by Crippen LogP contribution is -2.71. The first kappa shape index (κ1) is 23.6. The predicted molar refractivity (Wildman–Crippen MR) is 103 cm³/mol. The number of nitrogens with zero attached hydrogens (tertiary/aromatic N) is 3. The Morgan fingerprint density at radius 1 is 1.41 bits per heavy atom. The van der Waals surface area contributed by atoms with Crippen molar-refractivity contribution >= 4 is 35.5 Å². The number of esters is 1. The molecule has 174 valence electrons. The van der Waals surface area contributed by atoms with Crippen LogP contribution in [0.5, 0.6) is 0 Å². The quantitative estimate of drug-likeness (QED) is 0.461. The zero-order chi connectivity index (χ0) is 24.0. The number of hydrogen-bond donors (Lipinski definition) is 2. The number of carboxylic acid groups (broad SMARTS) is 1. The summed E-state index contributed by atoms with van der Waals surface area (Å²) in [6, 6.07) is -1.39. The first-order valence-electron chi connectivity index (χ1n) is 9.30. The van der Waals surface area contributed by atoms with E-state index in [1.807, 2.05) is 0 Å². The molecule has 2 aliphatic rings. The molecule has 0 radical (unpaired) electrons. The van der Waals surface area contributed by atoms with Crippen molar-refractivity contribution in [3.63, 3.8) is 0 Å². The van der Waals surface area contributed by atoms with Gasteiger partial charge in [-0.05, 0) is 19.9 Å². The average molecular weight is 476 g/mol. The van der Waals surface area contributed by atoms with Crippen LogP contribution in [-0.2, 0) is 30.1 Å². The summed E-state index contributed by atoms with van der Waals surface area (Å²) in [7, 11) is 0. The van der Waals surface area contributed by atoms with Gasteiger partial charge >= 0.3 is 18.1 Å². The number of fused-ring (bicyclic) bond motifs is 1. The molecule has 10 nitrogen and oxygen atoms in total. The fourth-order valence-electron chi connectivity index (χ4n) is 3.39. The van der Waals surface area contributed by atoms with Crippen LogP contribution in [0.2, 0.25) is 0 Å². The number of hydrogen-bond acceptors (Lipinski definition) is 7. The third-order valence-corrected chi connectivity index (χ3v) is 6.30. The molecular weight excluding hydrogens is 457 g/mol. The van der Waals surface area contributed by atoms with Gasteiger partial charge in [0.1, 0.15) is 29.8 Å². The van der Waals surface area contributed by atoms with Crippen molar-refractivity contribution in [2.75, 3.05) is 12.4 Å². The normalized spacial score (nSPS) is 21.6. The number of halogens is 3. The molecule has 0 spiro atoms. The van der Waals surface area contributed by atoms with Crippen molar-refractivity contribution in [2.45, 2.75) is 44.4 Å². The van der Waals surface area contributed by atoms with E-state index in [0.29, 0.717) is 0 Å². The van der Waals surface area contributed by atoms with Crippen molar-refractivity contribution in [1.82, 2.24) is 20.0 Å². The molecular formula is C18H19F3N4O6S. The molecule has 1 aromatic rings. The smallest absolute Gasteiger partial charge is 0.435 e. The Labute approximate surface area is 183 Å². The maximum atomic E-state index is 12.9. The molecule has 14 heteroatoms. The Bertz CT molecular complexity index is 1020. The topological polar surface area (TPSA) is 131 Å². The number of aliphatic carboxylic acids is 1. The second-order valence-corrected chi connectivity index (χ2v) is 8.33. The minimum absolute atomic E-state index is 0.111. The molecule has 3 atom stereocenters. The van der Waals surface area contributed by atoms with Crippen molar-refractivity contribution in [3.8, 4) is 0 Å². The highest BCUT2D eigenvalue weighted by Crippen LogP contribution is 2.40. The first-order valence-corrected chi connectivity index (χ1v) is 10.3. The van der Waals surface area contributed by atoms with Crippen LogP contribution in [0.25, 0.3) is 0 Å². The van der Waals surface area contributed by atoms with Gasteiger partial charge in [-0.2, -0.15) is 18.3 Å². The fourth-order valence-corrected chi connectivity index (χ4v) is 4.71. The van der Waals surface area contributed by atoms with Crippen LogP contribution in [-0.4, -0.2) is 67.3 Å². The van der Waals surface area contributed by atoms with Gasteiger partial charge in [0.15, 0.2) is 5.69 Å². The number of carbonyl (C=O) groups is 4. The van der Waals surface area contributed by atoms with Crippen LogP contribution < -0.4 is 5.32 Å². The maximum absolute atomic E-state index is 12.9. The molecule has 3 heterocycles. The van der Waals surface area contributed by atoms with Crippen molar-refractivity contribution < 1.29 is 42.2 Å². The van der Waals surface area contributed by atoms with Gasteiger partial charge in [-0.15, -0.1) is 11.8 Å². The lowest BCUT2D eigenvalue weighted by atomic mass is 10.0. The summed E-state index contributed by atoms with van der Waals surface area (Å²) in [6.45, 7) is 3.59. The van der Waals surface area contributed by atoms with E-state index in [1.165, 1.54) is 32.5 Å². The molecule has 2 amide bonds. The number of carboxylic acids is 1. The summed E-state index contributed by atoms with van der Waals surface area (Å²) in [6.07, 6.45) is -4.67. The van der Waals surface area contributed by atoms with Gasteiger partial charge in [-0.25, -0.2) is 4.79 Å². The lowest BCUT2D eigenvalue weighted by Gasteiger charge is -2.49. The van der Waals surface area contributed by atoms with E-state index >= 15 is 0 Å². The molecule has 2 aliphatic heterocycles. The van der Waals surface area contributed by atoms with E-state index in [2.05, 4.69) is 10.4 Å². The van der Waals surface area contributed by atoms with Gasteiger partial charge in [0.25, 0.3) is 5.91 Å². The van der Waals surface area contributed by atoms with Crippen LogP contribution in [0.15, 0.2) is 17.3 Å². The Morgan fingerprint density at radius 2 is 2.06 bits per heavy atom. The number of thioether (sulfide) groups is 1. The van der Waals surface area contributed by atoms with Crippen molar-refractivity contribution in [2.24, 2.45) is 0 Å². The highest BCUT2D eigenvalue weighted by molar-refractivity contribution is 8.00. The summed E-state index contributed by atoms with van der Waals surface area (Å²) >= 11 is 1.17. The van der Waals surface area contributed by atoms with E-state index in [4.69, 9.17) is 4.74 Å². The number of carbonyl (C=O) groups excluding carboxylic acids is 3. The van der Waals surface area contributed by atoms with Gasteiger partial charge in [-0.3, -0.25) is 24.0 Å². The highest BCUT2D eigenvalue weighted by atomic mass is 32.2. The summed E-state index contributed by atoms with van der Waals surface area (Å²) in [5, 5.41) is 14.7. The number of ether oxygens (including phenoxy) is 1. The van der Waals surface area contributed by atoms with Crippen LogP contribution in [0.1, 0.15) is 31.3 Å². The Kier molecular flexibility index (Phi) is 6.26. The van der Waals surface area contributed by atoms with Crippen LogP contribution in [0.3, 0.4) is 0 Å². The average Bonchev–Trinajstić information content (AvgIpc) is 3.10. The predicted octanol–water partition coefficient (Wildman–Crippen LogP) is 1.07. The number of rotatable bonds is 6. The minimum Gasteiger partial charge on any atom is -0.477 e. The fraction of sp³-hybridized carbons (Fsp3) is 0.500. The zero-order valence-corrected chi connectivity index (χ0v) is 17.9. The minimum atomic E-state index is -4.67. The standard InChI is InChI=1S/C18H19F3N4O6S/c1-7-4-11(18(19,20)21)23-25(7)8(2)14(27)22-12-15(28)24-13(17(29)30)10(5-31-9(3)26)6-32-16(12)24/h4,8,12,16H,5-6H2,1-3H3,(H,22,27)(H,29,30)/t8-,12+,16+/m1/s1. The Balaban J connectivity index is 1.74. The van der Waals surface area contributed by atoms with Gasteiger partial charge < -0.3 is 15.2 Å². The summed E-state index contributed by atoms with van der Waals surface area (Å²) in [4.78, 5) is 49.0.